The van der Waals surface area contributed by atoms with Crippen molar-refractivity contribution >= 4 is 28.3 Å². The second-order valence-corrected chi connectivity index (χ2v) is 6.69. The zero-order valence-corrected chi connectivity index (χ0v) is 12.9. The number of hydrogen-bond donors (Lipinski definition) is 1. The van der Waals surface area contributed by atoms with Crippen LogP contribution in [0.1, 0.15) is 32.8 Å². The van der Waals surface area contributed by atoms with Gasteiger partial charge in [0.05, 0.1) is 11.5 Å². The molecule has 3 amide bonds. The van der Waals surface area contributed by atoms with Crippen LogP contribution in [0.2, 0.25) is 0 Å². The van der Waals surface area contributed by atoms with Gasteiger partial charge in [-0.3, -0.25) is 19.8 Å². The molecule has 0 radical (unpaired) electrons. The van der Waals surface area contributed by atoms with Crippen LogP contribution >= 0.6 is 11.3 Å². The monoisotopic (exact) mass is 311 g/mol. The van der Waals surface area contributed by atoms with E-state index in [9.17, 15) is 19.7 Å². The minimum atomic E-state index is -0.896. The molecule has 1 aromatic heterocycles. The Bertz CT molecular complexity index is 598. The van der Waals surface area contributed by atoms with Crippen molar-refractivity contribution in [3.63, 3.8) is 0 Å². The van der Waals surface area contributed by atoms with Crippen LogP contribution < -0.4 is 5.32 Å². The van der Waals surface area contributed by atoms with Crippen molar-refractivity contribution < 1.29 is 14.5 Å². The first-order chi connectivity index (χ1) is 9.73. The second-order valence-electron chi connectivity index (χ2n) is 5.80. The molecule has 1 saturated heterocycles. The molecule has 7 nitrogen and oxygen atoms in total. The molecular weight excluding hydrogens is 294 g/mol. The SMILES string of the molecule is CC(C)CC1(C)NC(=O)N(Cc2csc([N+](=O)[O-])c2)C1=O. The number of nitrogens with zero attached hydrogens (tertiary/aromatic N) is 2. The van der Waals surface area contributed by atoms with Gasteiger partial charge in [-0.1, -0.05) is 25.2 Å². The Morgan fingerprint density at radius 2 is 2.14 bits per heavy atom. The first-order valence-corrected chi connectivity index (χ1v) is 7.47. The zero-order chi connectivity index (χ0) is 15.8. The molecule has 1 aromatic rings. The van der Waals surface area contributed by atoms with Gasteiger partial charge in [0.25, 0.3) is 5.91 Å². The fourth-order valence-corrected chi connectivity index (χ4v) is 3.29. The molecule has 0 saturated carbocycles. The summed E-state index contributed by atoms with van der Waals surface area (Å²) in [4.78, 5) is 35.7. The fraction of sp³-hybridized carbons (Fsp3) is 0.538. The summed E-state index contributed by atoms with van der Waals surface area (Å²) in [6.07, 6.45) is 0.553. The number of nitro groups is 1. The molecule has 1 aliphatic heterocycles. The van der Waals surface area contributed by atoms with Gasteiger partial charge in [-0.05, 0) is 24.8 Å². The molecule has 114 valence electrons. The van der Waals surface area contributed by atoms with Gasteiger partial charge in [0.1, 0.15) is 5.54 Å². The van der Waals surface area contributed by atoms with E-state index in [2.05, 4.69) is 5.32 Å². The first-order valence-electron chi connectivity index (χ1n) is 6.59. The largest absolute Gasteiger partial charge is 0.325 e. The van der Waals surface area contributed by atoms with Crippen molar-refractivity contribution in [2.24, 2.45) is 5.92 Å². The van der Waals surface area contributed by atoms with Crippen molar-refractivity contribution in [2.75, 3.05) is 0 Å². The van der Waals surface area contributed by atoms with Gasteiger partial charge in [-0.25, -0.2) is 4.79 Å². The number of urea groups is 1. The second kappa shape index (κ2) is 5.44. The van der Waals surface area contributed by atoms with Crippen molar-refractivity contribution in [3.8, 4) is 0 Å². The van der Waals surface area contributed by atoms with Gasteiger partial charge in [0.2, 0.25) is 0 Å². The van der Waals surface area contributed by atoms with Crippen LogP contribution in [0.15, 0.2) is 11.4 Å². The molecule has 8 heteroatoms. The maximum absolute atomic E-state index is 12.4. The van der Waals surface area contributed by atoms with Crippen LogP contribution in [0, 0.1) is 16.0 Å². The van der Waals surface area contributed by atoms with E-state index in [4.69, 9.17) is 0 Å². The van der Waals surface area contributed by atoms with E-state index >= 15 is 0 Å². The van der Waals surface area contributed by atoms with Crippen LogP contribution in [-0.4, -0.2) is 27.3 Å². The van der Waals surface area contributed by atoms with Crippen molar-refractivity contribution in [1.82, 2.24) is 10.2 Å². The predicted molar refractivity (Wildman–Crippen MR) is 77.9 cm³/mol. The number of imide groups is 1. The third-order valence-electron chi connectivity index (χ3n) is 3.32. The van der Waals surface area contributed by atoms with Crippen LogP contribution in [0.3, 0.4) is 0 Å². The van der Waals surface area contributed by atoms with Crippen LogP contribution in [0.25, 0.3) is 0 Å². The van der Waals surface area contributed by atoms with Gasteiger partial charge in [0.15, 0.2) is 0 Å². The van der Waals surface area contributed by atoms with Crippen molar-refractivity contribution in [2.45, 2.75) is 39.3 Å². The third kappa shape index (κ3) is 3.05. The van der Waals surface area contributed by atoms with Gasteiger partial charge in [-0.2, -0.15) is 0 Å². The highest BCUT2D eigenvalue weighted by molar-refractivity contribution is 7.13. The van der Waals surface area contributed by atoms with Gasteiger partial charge in [-0.15, -0.1) is 0 Å². The van der Waals surface area contributed by atoms with E-state index in [1.807, 2.05) is 13.8 Å². The summed E-state index contributed by atoms with van der Waals surface area (Å²) in [6.45, 7) is 5.73. The Hall–Kier alpha value is -1.96. The summed E-state index contributed by atoms with van der Waals surface area (Å²) in [5.74, 6) is -0.0171. The number of amides is 3. The van der Waals surface area contributed by atoms with E-state index in [1.54, 1.807) is 12.3 Å². The Labute approximate surface area is 126 Å². The molecule has 0 bridgehead atoms. The van der Waals surface area contributed by atoms with Crippen LogP contribution in [0.4, 0.5) is 9.80 Å². The number of carbonyl (C=O) groups is 2. The minimum absolute atomic E-state index is 0.00185. The average molecular weight is 311 g/mol. The third-order valence-corrected chi connectivity index (χ3v) is 4.25. The number of carbonyl (C=O) groups excluding carboxylic acids is 2. The lowest BCUT2D eigenvalue weighted by Gasteiger charge is -2.23. The van der Waals surface area contributed by atoms with Gasteiger partial charge >= 0.3 is 11.0 Å². The number of thiophene rings is 1. The van der Waals surface area contributed by atoms with Crippen molar-refractivity contribution in [1.29, 1.82) is 0 Å². The predicted octanol–water partition coefficient (Wildman–Crippen LogP) is 2.51. The molecule has 21 heavy (non-hydrogen) atoms. The Morgan fingerprint density at radius 1 is 1.48 bits per heavy atom. The molecule has 2 heterocycles. The van der Waals surface area contributed by atoms with Crippen LogP contribution in [0.5, 0.6) is 0 Å². The Balaban J connectivity index is 2.15. The van der Waals surface area contributed by atoms with Crippen LogP contribution in [-0.2, 0) is 11.3 Å². The summed E-state index contributed by atoms with van der Waals surface area (Å²) in [5, 5.41) is 15.0. The van der Waals surface area contributed by atoms with E-state index in [-0.39, 0.29) is 23.4 Å². The molecule has 0 spiro atoms. The van der Waals surface area contributed by atoms with E-state index in [1.165, 1.54) is 6.07 Å². The summed E-state index contributed by atoms with van der Waals surface area (Å²) in [7, 11) is 0. The van der Waals surface area contributed by atoms with E-state index < -0.39 is 16.5 Å². The van der Waals surface area contributed by atoms with Gasteiger partial charge in [0, 0.05) is 11.4 Å². The number of hydrogen-bond acceptors (Lipinski definition) is 5. The lowest BCUT2D eigenvalue weighted by Crippen LogP contribution is -2.44. The molecule has 0 aliphatic carbocycles. The normalized spacial score (nSPS) is 22.0. The number of rotatable bonds is 5. The highest BCUT2D eigenvalue weighted by Crippen LogP contribution is 2.28. The molecule has 1 fully saturated rings. The highest BCUT2D eigenvalue weighted by Gasteiger charge is 2.47. The summed E-state index contributed by atoms with van der Waals surface area (Å²) < 4.78 is 0. The van der Waals surface area contributed by atoms with E-state index in [0.29, 0.717) is 12.0 Å². The Kier molecular flexibility index (Phi) is 3.99. The lowest BCUT2D eigenvalue weighted by atomic mass is 9.91. The smallest absolute Gasteiger partial charge is 0.323 e. The highest BCUT2D eigenvalue weighted by atomic mass is 32.1. The van der Waals surface area contributed by atoms with Gasteiger partial charge < -0.3 is 5.32 Å². The molecule has 0 aromatic carbocycles. The first kappa shape index (κ1) is 15.4. The molecule has 1 aliphatic rings. The summed E-state index contributed by atoms with van der Waals surface area (Å²) in [5.41, 5.74) is -0.309. The number of nitrogens with one attached hydrogen (secondary N) is 1. The molecule has 1 unspecified atom stereocenters. The maximum Gasteiger partial charge on any atom is 0.325 e. The topological polar surface area (TPSA) is 92.6 Å². The zero-order valence-electron chi connectivity index (χ0n) is 12.1. The molecule has 1 N–H and O–H groups in total. The minimum Gasteiger partial charge on any atom is -0.323 e. The fourth-order valence-electron chi connectivity index (χ4n) is 2.57. The summed E-state index contributed by atoms with van der Waals surface area (Å²) in [6, 6.07) is 0.945. The summed E-state index contributed by atoms with van der Waals surface area (Å²) >= 11 is 0.985. The quantitative estimate of drug-likeness (QED) is 0.513. The lowest BCUT2D eigenvalue weighted by molar-refractivity contribution is -0.380. The van der Waals surface area contributed by atoms with E-state index in [0.717, 1.165) is 16.2 Å². The molecular formula is C13H17N3O4S. The molecule has 2 rings (SSSR count). The van der Waals surface area contributed by atoms with Crippen molar-refractivity contribution in [3.05, 3.63) is 27.1 Å². The standard InChI is InChI=1S/C13H17N3O4S/c1-8(2)5-13(3)11(17)15(12(18)14-13)6-9-4-10(16(19)20)21-7-9/h4,7-8H,5-6H2,1-3H3,(H,14,18). The molecule has 1 atom stereocenters. The average Bonchev–Trinajstić information content (AvgIpc) is 2.88. The Morgan fingerprint density at radius 3 is 2.67 bits per heavy atom. The maximum atomic E-state index is 12.4.